The first-order valence-corrected chi connectivity index (χ1v) is 11.1. The zero-order valence-electron chi connectivity index (χ0n) is 18.6. The van der Waals surface area contributed by atoms with Crippen LogP contribution in [0.5, 0.6) is 28.7 Å². The number of carbonyl (C=O) groups excluding carboxylic acids is 1. The summed E-state index contributed by atoms with van der Waals surface area (Å²) in [5.41, 5.74) is 0.990. The fraction of sp³-hybridized carbons (Fsp3) is 0.261. The fourth-order valence-corrected chi connectivity index (χ4v) is 3.88. The third-order valence-electron chi connectivity index (χ3n) is 4.43. The standard InChI is InChI=1S/C23H26O8S/c1-27-19-7-6-8-20(28-2)18(19)13-14-32(25,26)15-17(24)11-9-16-10-12-21(29-3)23(31-5)22(16)30-4/h6-14H,15H2,1-5H3. The average molecular weight is 463 g/mol. The number of benzene rings is 2. The summed E-state index contributed by atoms with van der Waals surface area (Å²) in [6.45, 7) is 0. The largest absolute Gasteiger partial charge is 0.496 e. The molecule has 9 heteroatoms. The van der Waals surface area contributed by atoms with E-state index in [0.29, 0.717) is 39.9 Å². The summed E-state index contributed by atoms with van der Waals surface area (Å²) in [7, 11) is 3.52. The minimum atomic E-state index is -3.84. The van der Waals surface area contributed by atoms with Crippen LogP contribution in [-0.2, 0) is 14.6 Å². The molecule has 172 valence electrons. The van der Waals surface area contributed by atoms with Gasteiger partial charge in [0, 0.05) is 11.0 Å². The molecule has 0 unspecified atom stereocenters. The number of methoxy groups -OCH3 is 5. The number of carbonyl (C=O) groups is 1. The lowest BCUT2D eigenvalue weighted by molar-refractivity contribution is -0.112. The molecule has 2 aromatic rings. The van der Waals surface area contributed by atoms with E-state index < -0.39 is 21.4 Å². The van der Waals surface area contributed by atoms with E-state index in [0.717, 1.165) is 5.41 Å². The lowest BCUT2D eigenvalue weighted by Gasteiger charge is -2.13. The lowest BCUT2D eigenvalue weighted by Crippen LogP contribution is -2.11. The molecule has 0 N–H and O–H groups in total. The molecule has 0 aromatic heterocycles. The molecule has 8 nitrogen and oxygen atoms in total. The predicted octanol–water partition coefficient (Wildman–Crippen LogP) is 3.40. The van der Waals surface area contributed by atoms with Crippen molar-refractivity contribution < 1.29 is 36.9 Å². The van der Waals surface area contributed by atoms with E-state index in [1.165, 1.54) is 53.8 Å². The highest BCUT2D eigenvalue weighted by Gasteiger charge is 2.16. The Morgan fingerprint density at radius 3 is 1.91 bits per heavy atom. The molecule has 0 amide bonds. The number of allylic oxidation sites excluding steroid dienone is 1. The maximum Gasteiger partial charge on any atom is 0.203 e. The first-order chi connectivity index (χ1) is 15.3. The summed E-state index contributed by atoms with van der Waals surface area (Å²) in [5, 5.41) is 0.968. The summed E-state index contributed by atoms with van der Waals surface area (Å²) >= 11 is 0. The molecule has 0 bridgehead atoms. The molecule has 2 rings (SSSR count). The minimum Gasteiger partial charge on any atom is -0.496 e. The Bertz CT molecular complexity index is 1090. The Morgan fingerprint density at radius 2 is 1.38 bits per heavy atom. The highest BCUT2D eigenvalue weighted by molar-refractivity contribution is 7.95. The summed E-state index contributed by atoms with van der Waals surface area (Å²) in [4.78, 5) is 12.3. The van der Waals surface area contributed by atoms with Gasteiger partial charge in [-0.3, -0.25) is 4.79 Å². The highest BCUT2D eigenvalue weighted by atomic mass is 32.2. The number of hydrogen-bond acceptors (Lipinski definition) is 8. The number of ketones is 1. The SMILES string of the molecule is COc1cccc(OC)c1C=CS(=O)(=O)CC(=O)C=Cc1ccc(OC)c(OC)c1OC. The second kappa shape index (κ2) is 11.2. The van der Waals surface area contributed by atoms with Crippen molar-refractivity contribution in [3.05, 3.63) is 52.9 Å². The van der Waals surface area contributed by atoms with E-state index in [1.54, 1.807) is 30.3 Å². The van der Waals surface area contributed by atoms with Gasteiger partial charge in [0.1, 0.15) is 17.3 Å². The maximum atomic E-state index is 12.4. The van der Waals surface area contributed by atoms with Crippen molar-refractivity contribution in [1.82, 2.24) is 0 Å². The van der Waals surface area contributed by atoms with E-state index in [-0.39, 0.29) is 0 Å². The van der Waals surface area contributed by atoms with Gasteiger partial charge in [-0.25, -0.2) is 8.42 Å². The summed E-state index contributed by atoms with van der Waals surface area (Å²) < 4.78 is 51.3. The summed E-state index contributed by atoms with van der Waals surface area (Å²) in [6, 6.07) is 8.41. The van der Waals surface area contributed by atoms with Gasteiger partial charge in [-0.15, -0.1) is 0 Å². The Kier molecular flexibility index (Phi) is 8.71. The van der Waals surface area contributed by atoms with Crippen LogP contribution in [0.15, 0.2) is 41.8 Å². The van der Waals surface area contributed by atoms with E-state index in [2.05, 4.69) is 0 Å². The van der Waals surface area contributed by atoms with Crippen molar-refractivity contribution >= 4 is 27.8 Å². The van der Waals surface area contributed by atoms with Crippen molar-refractivity contribution in [1.29, 1.82) is 0 Å². The molecule has 2 aromatic carbocycles. The van der Waals surface area contributed by atoms with E-state index in [1.807, 2.05) is 0 Å². The topological polar surface area (TPSA) is 97.4 Å². The van der Waals surface area contributed by atoms with Crippen LogP contribution in [0, 0.1) is 0 Å². The van der Waals surface area contributed by atoms with Crippen molar-refractivity contribution in [3.63, 3.8) is 0 Å². The number of rotatable bonds is 11. The average Bonchev–Trinajstić information content (AvgIpc) is 2.79. The zero-order valence-corrected chi connectivity index (χ0v) is 19.4. The zero-order chi connectivity index (χ0) is 23.7. The Balaban J connectivity index is 2.22. The molecular weight excluding hydrogens is 436 g/mol. The monoisotopic (exact) mass is 462 g/mol. The van der Waals surface area contributed by atoms with Crippen molar-refractivity contribution in [2.45, 2.75) is 0 Å². The van der Waals surface area contributed by atoms with Crippen LogP contribution < -0.4 is 23.7 Å². The van der Waals surface area contributed by atoms with Gasteiger partial charge in [0.05, 0.1) is 41.1 Å². The molecule has 0 aliphatic heterocycles. The molecule has 0 aliphatic carbocycles. The molecular formula is C23H26O8S. The molecule has 0 fully saturated rings. The number of ether oxygens (including phenoxy) is 5. The van der Waals surface area contributed by atoms with Crippen molar-refractivity contribution in [2.75, 3.05) is 41.3 Å². The smallest absolute Gasteiger partial charge is 0.203 e. The highest BCUT2D eigenvalue weighted by Crippen LogP contribution is 2.40. The number of hydrogen-bond donors (Lipinski definition) is 0. The Morgan fingerprint density at radius 1 is 0.781 bits per heavy atom. The van der Waals surface area contributed by atoms with Gasteiger partial charge in [-0.05, 0) is 42.5 Å². The first-order valence-electron chi connectivity index (χ1n) is 9.41. The van der Waals surface area contributed by atoms with Gasteiger partial charge >= 0.3 is 0 Å². The van der Waals surface area contributed by atoms with Crippen LogP contribution in [0.2, 0.25) is 0 Å². The second-order valence-corrected chi connectivity index (χ2v) is 8.30. The second-order valence-electron chi connectivity index (χ2n) is 6.41. The third kappa shape index (κ3) is 6.04. The molecule has 0 radical (unpaired) electrons. The van der Waals surface area contributed by atoms with Crippen LogP contribution in [0.25, 0.3) is 12.2 Å². The van der Waals surface area contributed by atoms with E-state index in [4.69, 9.17) is 23.7 Å². The van der Waals surface area contributed by atoms with E-state index >= 15 is 0 Å². The third-order valence-corrected chi connectivity index (χ3v) is 5.67. The molecule has 0 heterocycles. The normalized spacial score (nSPS) is 11.5. The summed E-state index contributed by atoms with van der Waals surface area (Å²) in [5.74, 6) is 0.788. The molecule has 32 heavy (non-hydrogen) atoms. The predicted molar refractivity (Wildman–Crippen MR) is 123 cm³/mol. The minimum absolute atomic E-state index is 0.363. The lowest BCUT2D eigenvalue weighted by atomic mass is 10.1. The van der Waals surface area contributed by atoms with Crippen LogP contribution >= 0.6 is 0 Å². The van der Waals surface area contributed by atoms with Gasteiger partial charge in [0.15, 0.2) is 27.1 Å². The van der Waals surface area contributed by atoms with Crippen molar-refractivity contribution in [3.8, 4) is 28.7 Å². The Hall–Kier alpha value is -3.46. The maximum absolute atomic E-state index is 12.4. The molecule has 0 atom stereocenters. The van der Waals surface area contributed by atoms with Gasteiger partial charge in [-0.2, -0.15) is 0 Å². The molecule has 0 spiro atoms. The molecule has 0 saturated carbocycles. The van der Waals surface area contributed by atoms with Crippen LogP contribution in [0.3, 0.4) is 0 Å². The van der Waals surface area contributed by atoms with Crippen LogP contribution in [0.4, 0.5) is 0 Å². The molecule has 0 saturated heterocycles. The van der Waals surface area contributed by atoms with Gasteiger partial charge in [0.2, 0.25) is 5.75 Å². The fourth-order valence-electron chi connectivity index (χ4n) is 2.95. The quantitative estimate of drug-likeness (QED) is 0.469. The first kappa shape index (κ1) is 24.8. The Labute approximate surface area is 187 Å². The van der Waals surface area contributed by atoms with Crippen molar-refractivity contribution in [2.24, 2.45) is 0 Å². The van der Waals surface area contributed by atoms with Gasteiger partial charge in [-0.1, -0.05) is 6.07 Å². The van der Waals surface area contributed by atoms with E-state index in [9.17, 15) is 13.2 Å². The number of sulfone groups is 1. The van der Waals surface area contributed by atoms with Gasteiger partial charge < -0.3 is 23.7 Å². The van der Waals surface area contributed by atoms with Gasteiger partial charge in [0.25, 0.3) is 0 Å². The van der Waals surface area contributed by atoms with Crippen LogP contribution in [0.1, 0.15) is 11.1 Å². The summed E-state index contributed by atoms with van der Waals surface area (Å²) in [6.07, 6.45) is 3.99. The van der Waals surface area contributed by atoms with Crippen LogP contribution in [-0.4, -0.2) is 55.5 Å². The molecule has 0 aliphatic rings.